The van der Waals surface area contributed by atoms with E-state index in [2.05, 4.69) is 9.72 Å². The molecule has 3 nitrogen and oxygen atoms in total. The van der Waals surface area contributed by atoms with Crippen LogP contribution < -0.4 is 0 Å². The number of aromatic amines is 1. The van der Waals surface area contributed by atoms with Crippen molar-refractivity contribution in [3.8, 4) is 0 Å². The van der Waals surface area contributed by atoms with Crippen LogP contribution in [-0.4, -0.2) is 17.6 Å². The average Bonchev–Trinajstić information content (AvgIpc) is 2.91. The second-order valence-corrected chi connectivity index (χ2v) is 4.48. The molecule has 22 heavy (non-hydrogen) atoms. The fraction of sp³-hybridized carbons (Fsp3) is 0.188. The number of ether oxygens (including phenoxy) is 1. The van der Waals surface area contributed by atoms with Gasteiger partial charge in [-0.2, -0.15) is 13.2 Å². The number of nitrogens with one attached hydrogen (secondary N) is 1. The van der Waals surface area contributed by atoms with Crippen LogP contribution in [0.15, 0.2) is 36.4 Å². The molecule has 0 radical (unpaired) electrons. The number of hydrogen-bond acceptors (Lipinski definition) is 2. The predicted octanol–water partition coefficient (Wildman–Crippen LogP) is 4.38. The number of esters is 1. The number of hydrogen-bond donors (Lipinski definition) is 1. The summed E-state index contributed by atoms with van der Waals surface area (Å²) >= 11 is 0. The third kappa shape index (κ3) is 3.78. The van der Waals surface area contributed by atoms with Crippen molar-refractivity contribution in [2.45, 2.75) is 13.1 Å². The van der Waals surface area contributed by atoms with E-state index in [0.29, 0.717) is 0 Å². The van der Waals surface area contributed by atoms with Gasteiger partial charge in [0.2, 0.25) is 0 Å². The van der Waals surface area contributed by atoms with Gasteiger partial charge >= 0.3 is 12.1 Å². The average molecular weight is 309 g/mol. The number of halogens is 3. The van der Waals surface area contributed by atoms with Crippen LogP contribution in [-0.2, 0) is 10.9 Å². The maximum absolute atomic E-state index is 13.0. The minimum atomic E-state index is -4.63. The van der Waals surface area contributed by atoms with Crippen molar-refractivity contribution in [2.75, 3.05) is 6.61 Å². The normalized spacial score (nSPS) is 11.8. The van der Waals surface area contributed by atoms with E-state index in [-0.39, 0.29) is 12.3 Å². The molecule has 1 heterocycles. The number of alkyl halides is 3. The first-order valence-electron chi connectivity index (χ1n) is 6.62. The van der Waals surface area contributed by atoms with Crippen LogP contribution in [0, 0.1) is 0 Å². The number of H-pyrrole nitrogens is 1. The summed E-state index contributed by atoms with van der Waals surface area (Å²) in [5.74, 6) is -1.02. The molecule has 0 aliphatic heterocycles. The monoisotopic (exact) mass is 309 g/mol. The first kappa shape index (κ1) is 15.9. The van der Waals surface area contributed by atoms with Gasteiger partial charge in [0.1, 0.15) is 5.69 Å². The van der Waals surface area contributed by atoms with Crippen molar-refractivity contribution in [2.24, 2.45) is 0 Å². The summed E-state index contributed by atoms with van der Waals surface area (Å²) < 4.78 is 43.6. The van der Waals surface area contributed by atoms with Crippen LogP contribution in [0.3, 0.4) is 0 Å². The van der Waals surface area contributed by atoms with Gasteiger partial charge in [0.25, 0.3) is 0 Å². The molecular weight excluding hydrogens is 295 g/mol. The summed E-state index contributed by atoms with van der Waals surface area (Å²) in [6, 6.07) is 10.0. The van der Waals surface area contributed by atoms with E-state index in [1.165, 1.54) is 13.0 Å². The van der Waals surface area contributed by atoms with E-state index >= 15 is 0 Å². The minimum Gasteiger partial charge on any atom is -0.461 e. The molecule has 0 atom stereocenters. The zero-order chi connectivity index (χ0) is 16.2. The molecule has 0 saturated heterocycles. The van der Waals surface area contributed by atoms with E-state index in [0.717, 1.165) is 11.6 Å². The number of carbonyl (C=O) groups excluding carboxylic acids is 1. The Morgan fingerprint density at radius 3 is 2.50 bits per heavy atom. The molecule has 0 bridgehead atoms. The Bertz CT molecular complexity index is 672. The topological polar surface area (TPSA) is 42.1 Å². The van der Waals surface area contributed by atoms with Crippen LogP contribution in [0.2, 0.25) is 0 Å². The number of rotatable bonds is 4. The number of carbonyl (C=O) groups is 1. The Labute approximate surface area is 125 Å². The fourth-order valence-electron chi connectivity index (χ4n) is 1.90. The van der Waals surface area contributed by atoms with Gasteiger partial charge in [0.15, 0.2) is 0 Å². The van der Waals surface area contributed by atoms with E-state index in [4.69, 9.17) is 0 Å². The molecule has 1 aromatic carbocycles. The van der Waals surface area contributed by atoms with Crippen LogP contribution in [0.1, 0.15) is 34.2 Å². The highest BCUT2D eigenvalue weighted by Crippen LogP contribution is 2.33. The highest BCUT2D eigenvalue weighted by atomic mass is 19.4. The molecule has 6 heteroatoms. The summed E-state index contributed by atoms with van der Waals surface area (Å²) in [5, 5.41) is 0. The SMILES string of the molecule is CCOC(=O)c1[nH]c(/C=C/c2ccccc2)cc1C(F)(F)F. The third-order valence-electron chi connectivity index (χ3n) is 2.88. The molecule has 2 rings (SSSR count). The summed E-state index contributed by atoms with van der Waals surface area (Å²) in [5.41, 5.74) is -0.594. The fourth-order valence-corrected chi connectivity index (χ4v) is 1.90. The summed E-state index contributed by atoms with van der Waals surface area (Å²) in [6.07, 6.45) is -1.49. The molecular formula is C16H14F3NO2. The summed E-state index contributed by atoms with van der Waals surface area (Å²) in [4.78, 5) is 14.1. The molecule has 116 valence electrons. The van der Waals surface area contributed by atoms with Gasteiger partial charge in [-0.1, -0.05) is 36.4 Å². The largest absolute Gasteiger partial charge is 0.461 e. The van der Waals surface area contributed by atoms with Crippen molar-refractivity contribution < 1.29 is 22.7 Å². The maximum Gasteiger partial charge on any atom is 0.418 e. The highest BCUT2D eigenvalue weighted by molar-refractivity contribution is 5.90. The first-order valence-corrected chi connectivity index (χ1v) is 6.62. The van der Waals surface area contributed by atoms with Gasteiger partial charge in [0.05, 0.1) is 12.2 Å². The molecule has 0 saturated carbocycles. The zero-order valence-electron chi connectivity index (χ0n) is 11.8. The van der Waals surface area contributed by atoms with E-state index in [9.17, 15) is 18.0 Å². The molecule has 2 aromatic rings. The predicted molar refractivity (Wildman–Crippen MR) is 77.1 cm³/mol. The summed E-state index contributed by atoms with van der Waals surface area (Å²) in [6.45, 7) is 1.54. The molecule has 0 unspecified atom stereocenters. The van der Waals surface area contributed by atoms with Crippen molar-refractivity contribution in [3.05, 3.63) is 58.9 Å². The van der Waals surface area contributed by atoms with Gasteiger partial charge in [-0.25, -0.2) is 4.79 Å². The summed E-state index contributed by atoms with van der Waals surface area (Å²) in [7, 11) is 0. The lowest BCUT2D eigenvalue weighted by Crippen LogP contribution is -2.13. The Morgan fingerprint density at radius 2 is 1.91 bits per heavy atom. The number of aromatic nitrogens is 1. The minimum absolute atomic E-state index is 0.00430. The van der Waals surface area contributed by atoms with E-state index < -0.39 is 23.4 Å². The van der Waals surface area contributed by atoms with Gasteiger partial charge < -0.3 is 9.72 Å². The molecule has 0 fully saturated rings. The van der Waals surface area contributed by atoms with E-state index in [1.807, 2.05) is 30.3 Å². The first-order chi connectivity index (χ1) is 10.4. The van der Waals surface area contributed by atoms with Gasteiger partial charge in [0, 0.05) is 5.69 Å². The molecule has 0 aliphatic rings. The standard InChI is InChI=1S/C16H14F3NO2/c1-2-22-15(21)14-13(16(17,18)19)10-12(20-14)9-8-11-6-4-3-5-7-11/h3-10,20H,2H2,1H3/b9-8+. The Balaban J connectivity index is 2.34. The van der Waals surface area contributed by atoms with Gasteiger partial charge in [-0.05, 0) is 24.6 Å². The van der Waals surface area contributed by atoms with Crippen molar-refractivity contribution >= 4 is 18.1 Å². The smallest absolute Gasteiger partial charge is 0.418 e. The van der Waals surface area contributed by atoms with Crippen LogP contribution in [0.5, 0.6) is 0 Å². The Morgan fingerprint density at radius 1 is 1.23 bits per heavy atom. The quantitative estimate of drug-likeness (QED) is 0.852. The molecule has 1 aromatic heterocycles. The second kappa shape index (κ2) is 6.51. The van der Waals surface area contributed by atoms with Crippen molar-refractivity contribution in [3.63, 3.8) is 0 Å². The molecule has 0 amide bonds. The Kier molecular flexibility index (Phi) is 4.70. The molecule has 1 N–H and O–H groups in total. The lowest BCUT2D eigenvalue weighted by Gasteiger charge is -2.06. The lowest BCUT2D eigenvalue weighted by atomic mass is 10.2. The second-order valence-electron chi connectivity index (χ2n) is 4.48. The third-order valence-corrected chi connectivity index (χ3v) is 2.88. The van der Waals surface area contributed by atoms with Crippen LogP contribution >= 0.6 is 0 Å². The van der Waals surface area contributed by atoms with Crippen LogP contribution in [0.4, 0.5) is 13.2 Å². The lowest BCUT2D eigenvalue weighted by molar-refractivity contribution is -0.138. The number of benzene rings is 1. The maximum atomic E-state index is 13.0. The Hall–Kier alpha value is -2.50. The molecule has 0 aliphatic carbocycles. The highest BCUT2D eigenvalue weighted by Gasteiger charge is 2.37. The molecule has 0 spiro atoms. The van der Waals surface area contributed by atoms with Gasteiger partial charge in [-0.15, -0.1) is 0 Å². The van der Waals surface area contributed by atoms with Crippen LogP contribution in [0.25, 0.3) is 12.2 Å². The van der Waals surface area contributed by atoms with Crippen molar-refractivity contribution in [1.82, 2.24) is 4.98 Å². The van der Waals surface area contributed by atoms with Gasteiger partial charge in [-0.3, -0.25) is 0 Å². The van der Waals surface area contributed by atoms with E-state index in [1.54, 1.807) is 6.08 Å². The van der Waals surface area contributed by atoms with Crippen molar-refractivity contribution in [1.29, 1.82) is 0 Å². The zero-order valence-corrected chi connectivity index (χ0v) is 11.8.